The number of hydrogen-bond donors (Lipinski definition) is 2. The molecule has 1 fully saturated rings. The molecule has 0 aromatic heterocycles. The molecule has 4 nitrogen and oxygen atoms in total. The molecule has 0 spiro atoms. The standard InChI is InChI=1S/C13H18N2O2/c1-9(13(16)15-11-5-6-11)17-12-4-2-3-10(7-12)8-14/h2-4,7,9,11H,5-6,8,14H2,1H3,(H,15,16). The third-order valence-corrected chi connectivity index (χ3v) is 2.74. The van der Waals surface area contributed by atoms with Crippen LogP contribution in [0.4, 0.5) is 0 Å². The number of amides is 1. The number of carbonyl (C=O) groups is 1. The zero-order valence-corrected chi connectivity index (χ0v) is 9.98. The van der Waals surface area contributed by atoms with Crippen molar-refractivity contribution >= 4 is 5.91 Å². The molecule has 1 aromatic carbocycles. The molecule has 1 aliphatic rings. The lowest BCUT2D eigenvalue weighted by atomic mass is 10.2. The Kier molecular flexibility index (Phi) is 3.64. The number of ether oxygens (including phenoxy) is 1. The van der Waals surface area contributed by atoms with Gasteiger partial charge in [0.25, 0.3) is 5.91 Å². The van der Waals surface area contributed by atoms with E-state index in [4.69, 9.17) is 10.5 Å². The summed E-state index contributed by atoms with van der Waals surface area (Å²) in [6.45, 7) is 2.23. The molecule has 0 bridgehead atoms. The van der Waals surface area contributed by atoms with Crippen LogP contribution >= 0.6 is 0 Å². The van der Waals surface area contributed by atoms with Gasteiger partial charge in [0.15, 0.2) is 6.10 Å². The number of nitrogens with one attached hydrogen (secondary N) is 1. The van der Waals surface area contributed by atoms with Gasteiger partial charge in [-0.1, -0.05) is 12.1 Å². The molecular formula is C13H18N2O2. The number of nitrogens with two attached hydrogens (primary N) is 1. The fourth-order valence-electron chi connectivity index (χ4n) is 1.55. The average Bonchev–Trinajstić information content (AvgIpc) is 3.13. The first-order valence-electron chi connectivity index (χ1n) is 5.95. The van der Waals surface area contributed by atoms with Crippen molar-refractivity contribution < 1.29 is 9.53 Å². The molecule has 3 N–H and O–H groups in total. The number of carbonyl (C=O) groups excluding carboxylic acids is 1. The van der Waals surface area contributed by atoms with Gasteiger partial charge >= 0.3 is 0 Å². The van der Waals surface area contributed by atoms with Crippen molar-refractivity contribution in [1.29, 1.82) is 0 Å². The zero-order valence-electron chi connectivity index (χ0n) is 9.98. The Balaban J connectivity index is 1.91. The molecular weight excluding hydrogens is 216 g/mol. The third kappa shape index (κ3) is 3.46. The molecule has 0 saturated heterocycles. The summed E-state index contributed by atoms with van der Waals surface area (Å²) in [4.78, 5) is 11.7. The second kappa shape index (κ2) is 5.19. The van der Waals surface area contributed by atoms with Gasteiger partial charge in [-0.25, -0.2) is 0 Å². The Labute approximate surface area is 101 Å². The molecule has 1 aliphatic carbocycles. The van der Waals surface area contributed by atoms with E-state index < -0.39 is 6.10 Å². The van der Waals surface area contributed by atoms with Gasteiger partial charge in [-0.05, 0) is 37.5 Å². The molecule has 0 radical (unpaired) electrons. The quantitative estimate of drug-likeness (QED) is 0.804. The molecule has 1 unspecified atom stereocenters. The summed E-state index contributed by atoms with van der Waals surface area (Å²) in [5.74, 6) is 0.636. The largest absolute Gasteiger partial charge is 0.481 e. The van der Waals surface area contributed by atoms with Crippen molar-refractivity contribution in [2.24, 2.45) is 5.73 Å². The van der Waals surface area contributed by atoms with Gasteiger partial charge in [-0.2, -0.15) is 0 Å². The van der Waals surface area contributed by atoms with Crippen LogP contribution in [0.3, 0.4) is 0 Å². The van der Waals surface area contributed by atoms with Crippen LogP contribution in [0.1, 0.15) is 25.3 Å². The summed E-state index contributed by atoms with van der Waals surface area (Å²) < 4.78 is 5.58. The Bertz CT molecular complexity index is 402. The second-order valence-electron chi connectivity index (χ2n) is 4.39. The SMILES string of the molecule is CC(Oc1cccc(CN)c1)C(=O)NC1CC1. The van der Waals surface area contributed by atoms with Gasteiger partial charge in [0.05, 0.1) is 0 Å². The van der Waals surface area contributed by atoms with Crippen LogP contribution in [0.2, 0.25) is 0 Å². The highest BCUT2D eigenvalue weighted by Crippen LogP contribution is 2.19. The molecule has 17 heavy (non-hydrogen) atoms. The van der Waals surface area contributed by atoms with Crippen molar-refractivity contribution in [3.05, 3.63) is 29.8 Å². The average molecular weight is 234 g/mol. The minimum atomic E-state index is -0.469. The van der Waals surface area contributed by atoms with Crippen molar-refractivity contribution in [3.8, 4) is 5.75 Å². The van der Waals surface area contributed by atoms with Crippen molar-refractivity contribution in [2.45, 2.75) is 38.5 Å². The molecule has 4 heteroatoms. The predicted octanol–water partition coefficient (Wildman–Crippen LogP) is 1.19. The fraction of sp³-hybridized carbons (Fsp3) is 0.462. The smallest absolute Gasteiger partial charge is 0.260 e. The first-order chi connectivity index (χ1) is 8.19. The highest BCUT2D eigenvalue weighted by molar-refractivity contribution is 5.81. The number of rotatable bonds is 5. The van der Waals surface area contributed by atoms with Crippen LogP contribution in [0.15, 0.2) is 24.3 Å². The van der Waals surface area contributed by atoms with Crippen LogP contribution < -0.4 is 15.8 Å². The lowest BCUT2D eigenvalue weighted by Gasteiger charge is -2.14. The summed E-state index contributed by atoms with van der Waals surface area (Å²) >= 11 is 0. The lowest BCUT2D eigenvalue weighted by Crippen LogP contribution is -2.37. The second-order valence-corrected chi connectivity index (χ2v) is 4.39. The molecule has 92 valence electrons. The Morgan fingerprint density at radius 1 is 1.59 bits per heavy atom. The van der Waals surface area contributed by atoms with Gasteiger partial charge in [-0.15, -0.1) is 0 Å². The van der Waals surface area contributed by atoms with Crippen LogP contribution in [-0.4, -0.2) is 18.1 Å². The van der Waals surface area contributed by atoms with E-state index in [1.54, 1.807) is 6.92 Å². The highest BCUT2D eigenvalue weighted by atomic mass is 16.5. The summed E-state index contributed by atoms with van der Waals surface area (Å²) in [6, 6.07) is 7.87. The Hall–Kier alpha value is -1.55. The van der Waals surface area contributed by atoms with Crippen molar-refractivity contribution in [2.75, 3.05) is 0 Å². The first-order valence-corrected chi connectivity index (χ1v) is 5.95. The topological polar surface area (TPSA) is 64.3 Å². The lowest BCUT2D eigenvalue weighted by molar-refractivity contribution is -0.127. The number of benzene rings is 1. The van der Waals surface area contributed by atoms with Crippen LogP contribution in [0.25, 0.3) is 0 Å². The van der Waals surface area contributed by atoms with Gasteiger partial charge in [0.1, 0.15) is 5.75 Å². The van der Waals surface area contributed by atoms with Crippen molar-refractivity contribution in [3.63, 3.8) is 0 Å². The minimum absolute atomic E-state index is 0.0503. The molecule has 1 atom stereocenters. The van der Waals surface area contributed by atoms with E-state index in [1.807, 2.05) is 24.3 Å². The monoisotopic (exact) mass is 234 g/mol. The van der Waals surface area contributed by atoms with E-state index in [2.05, 4.69) is 5.32 Å². The van der Waals surface area contributed by atoms with E-state index >= 15 is 0 Å². The van der Waals surface area contributed by atoms with E-state index in [9.17, 15) is 4.79 Å². The van der Waals surface area contributed by atoms with E-state index in [-0.39, 0.29) is 5.91 Å². The summed E-state index contributed by atoms with van der Waals surface area (Å²) in [5, 5.41) is 2.91. The van der Waals surface area contributed by atoms with E-state index in [1.165, 1.54) is 0 Å². The maximum atomic E-state index is 11.7. The first kappa shape index (κ1) is 11.9. The van der Waals surface area contributed by atoms with E-state index in [0.717, 1.165) is 18.4 Å². The van der Waals surface area contributed by atoms with Gasteiger partial charge in [0.2, 0.25) is 0 Å². The number of hydrogen-bond acceptors (Lipinski definition) is 3. The van der Waals surface area contributed by atoms with Crippen LogP contribution in [-0.2, 0) is 11.3 Å². The zero-order chi connectivity index (χ0) is 12.3. The Morgan fingerprint density at radius 2 is 2.35 bits per heavy atom. The highest BCUT2D eigenvalue weighted by Gasteiger charge is 2.26. The maximum absolute atomic E-state index is 11.7. The predicted molar refractivity (Wildman–Crippen MR) is 65.6 cm³/mol. The summed E-state index contributed by atoms with van der Waals surface area (Å²) in [5.41, 5.74) is 6.55. The molecule has 2 rings (SSSR count). The van der Waals surface area contributed by atoms with Crippen LogP contribution in [0.5, 0.6) is 5.75 Å². The van der Waals surface area contributed by atoms with Crippen molar-refractivity contribution in [1.82, 2.24) is 5.32 Å². The molecule has 1 saturated carbocycles. The molecule has 1 aromatic rings. The van der Waals surface area contributed by atoms with Gasteiger partial charge in [0, 0.05) is 12.6 Å². The minimum Gasteiger partial charge on any atom is -0.481 e. The third-order valence-electron chi connectivity index (χ3n) is 2.74. The Morgan fingerprint density at radius 3 is 3.00 bits per heavy atom. The summed E-state index contributed by atoms with van der Waals surface area (Å²) in [6.07, 6.45) is 1.70. The van der Waals surface area contributed by atoms with E-state index in [0.29, 0.717) is 18.3 Å². The molecule has 0 aliphatic heterocycles. The molecule has 0 heterocycles. The maximum Gasteiger partial charge on any atom is 0.260 e. The summed E-state index contributed by atoms with van der Waals surface area (Å²) in [7, 11) is 0. The molecule has 1 amide bonds. The fourth-order valence-corrected chi connectivity index (χ4v) is 1.55. The van der Waals surface area contributed by atoms with Gasteiger partial charge < -0.3 is 15.8 Å². The van der Waals surface area contributed by atoms with Crippen LogP contribution in [0, 0.1) is 0 Å². The van der Waals surface area contributed by atoms with Gasteiger partial charge in [-0.3, -0.25) is 4.79 Å². The normalized spacial score (nSPS) is 16.4.